The summed E-state index contributed by atoms with van der Waals surface area (Å²) in [6, 6.07) is 1.85. The number of nitrogens with zero attached hydrogens (tertiary/aromatic N) is 3. The zero-order chi connectivity index (χ0) is 12.7. The van der Waals surface area contributed by atoms with Crippen LogP contribution in [0, 0.1) is 6.92 Å². The van der Waals surface area contributed by atoms with Crippen LogP contribution < -0.4 is 10.1 Å². The highest BCUT2D eigenvalue weighted by molar-refractivity contribution is 5.30. The summed E-state index contributed by atoms with van der Waals surface area (Å²) < 4.78 is 5.59. The fourth-order valence-corrected chi connectivity index (χ4v) is 1.26. The van der Waals surface area contributed by atoms with Crippen molar-refractivity contribution in [2.75, 3.05) is 39.1 Å². The van der Waals surface area contributed by atoms with Gasteiger partial charge in [-0.05, 0) is 27.4 Å². The third-order valence-electron chi connectivity index (χ3n) is 2.15. The lowest BCUT2D eigenvalue weighted by molar-refractivity contribution is 0.253. The van der Waals surface area contributed by atoms with Crippen LogP contribution in [0.5, 0.6) is 5.88 Å². The van der Waals surface area contributed by atoms with E-state index in [-0.39, 0.29) is 0 Å². The Morgan fingerprint density at radius 2 is 2.12 bits per heavy atom. The van der Waals surface area contributed by atoms with E-state index in [4.69, 9.17) is 4.74 Å². The van der Waals surface area contributed by atoms with Crippen LogP contribution >= 0.6 is 0 Å². The number of hydrogen-bond acceptors (Lipinski definition) is 5. The lowest BCUT2D eigenvalue weighted by Gasteiger charge is -2.11. The third kappa shape index (κ3) is 5.49. The number of aromatic nitrogens is 2. The molecule has 0 spiro atoms. The highest BCUT2D eigenvalue weighted by Gasteiger charge is 2.02. The fourth-order valence-electron chi connectivity index (χ4n) is 1.26. The molecule has 1 aromatic rings. The number of anilines is 1. The van der Waals surface area contributed by atoms with Crippen LogP contribution in [0.15, 0.2) is 6.07 Å². The van der Waals surface area contributed by atoms with Crippen LogP contribution in [0.3, 0.4) is 0 Å². The number of likely N-dealkylation sites (N-methyl/N-ethyl adjacent to an activating group) is 1. The number of aryl methyl sites for hydroxylation is 1. The van der Waals surface area contributed by atoms with E-state index in [1.54, 1.807) is 0 Å². The van der Waals surface area contributed by atoms with Crippen molar-refractivity contribution in [3.05, 3.63) is 11.8 Å². The maximum absolute atomic E-state index is 5.59. The molecular weight excluding hydrogens is 216 g/mol. The van der Waals surface area contributed by atoms with Gasteiger partial charge in [-0.2, -0.15) is 4.98 Å². The first-order chi connectivity index (χ1) is 8.11. The molecule has 5 nitrogen and oxygen atoms in total. The van der Waals surface area contributed by atoms with Gasteiger partial charge in [0.05, 0.1) is 0 Å². The van der Waals surface area contributed by atoms with Crippen molar-refractivity contribution in [3.8, 4) is 5.88 Å². The molecule has 0 aliphatic carbocycles. The van der Waals surface area contributed by atoms with Crippen LogP contribution in [0.1, 0.15) is 19.0 Å². The summed E-state index contributed by atoms with van der Waals surface area (Å²) in [5.74, 6) is 1.28. The number of hydrogen-bond donors (Lipinski definition) is 1. The highest BCUT2D eigenvalue weighted by atomic mass is 16.5. The number of rotatable bonds is 7. The highest BCUT2D eigenvalue weighted by Crippen LogP contribution is 2.11. The normalized spacial score (nSPS) is 10.6. The Bertz CT molecular complexity index is 341. The van der Waals surface area contributed by atoms with Gasteiger partial charge < -0.3 is 15.0 Å². The average Bonchev–Trinajstić information content (AvgIpc) is 2.25. The minimum absolute atomic E-state index is 0.636. The van der Waals surface area contributed by atoms with Crippen LogP contribution in [-0.4, -0.2) is 48.7 Å². The second kappa shape index (κ2) is 7.06. The summed E-state index contributed by atoms with van der Waals surface area (Å²) in [5.41, 5.74) is 0.915. The van der Waals surface area contributed by atoms with E-state index in [2.05, 4.69) is 27.1 Å². The molecule has 1 heterocycles. The number of nitrogens with one attached hydrogen (secondary N) is 1. The van der Waals surface area contributed by atoms with E-state index >= 15 is 0 Å². The molecule has 0 unspecified atom stereocenters. The van der Waals surface area contributed by atoms with Gasteiger partial charge in [0.2, 0.25) is 11.8 Å². The molecule has 0 amide bonds. The Hall–Kier alpha value is -1.36. The van der Waals surface area contributed by atoms with Gasteiger partial charge >= 0.3 is 0 Å². The second-order valence-corrected chi connectivity index (χ2v) is 4.25. The average molecular weight is 238 g/mol. The van der Waals surface area contributed by atoms with E-state index < -0.39 is 0 Å². The van der Waals surface area contributed by atoms with Crippen molar-refractivity contribution in [2.45, 2.75) is 20.3 Å². The van der Waals surface area contributed by atoms with Crippen molar-refractivity contribution >= 4 is 5.95 Å². The molecule has 1 aromatic heterocycles. The first-order valence-corrected chi connectivity index (χ1v) is 5.99. The van der Waals surface area contributed by atoms with Crippen molar-refractivity contribution in [3.63, 3.8) is 0 Å². The van der Waals surface area contributed by atoms with Crippen LogP contribution in [0.25, 0.3) is 0 Å². The lowest BCUT2D eigenvalue weighted by Crippen LogP contribution is -2.20. The molecule has 0 saturated heterocycles. The molecule has 96 valence electrons. The maximum Gasteiger partial charge on any atom is 0.226 e. The van der Waals surface area contributed by atoms with E-state index in [0.717, 1.165) is 25.2 Å². The van der Waals surface area contributed by atoms with Gasteiger partial charge in [0.25, 0.3) is 0 Å². The Balaban J connectivity index is 2.55. The molecule has 0 aromatic carbocycles. The summed E-state index contributed by atoms with van der Waals surface area (Å²) in [7, 11) is 4.03. The minimum Gasteiger partial charge on any atom is -0.476 e. The maximum atomic E-state index is 5.59. The molecule has 0 fully saturated rings. The van der Waals surface area contributed by atoms with E-state index in [0.29, 0.717) is 18.4 Å². The molecule has 1 rings (SSSR count). The predicted molar refractivity (Wildman–Crippen MR) is 69.6 cm³/mol. The smallest absolute Gasteiger partial charge is 0.226 e. The summed E-state index contributed by atoms with van der Waals surface area (Å²) in [6.45, 7) is 6.44. The fraction of sp³-hybridized carbons (Fsp3) is 0.667. The van der Waals surface area contributed by atoms with E-state index in [1.807, 2.05) is 27.1 Å². The van der Waals surface area contributed by atoms with E-state index in [9.17, 15) is 0 Å². The molecule has 0 atom stereocenters. The van der Waals surface area contributed by atoms with Gasteiger partial charge in [0.15, 0.2) is 0 Å². The van der Waals surface area contributed by atoms with Crippen molar-refractivity contribution < 1.29 is 4.74 Å². The first kappa shape index (κ1) is 13.7. The van der Waals surface area contributed by atoms with Crippen LogP contribution in [-0.2, 0) is 0 Å². The van der Waals surface area contributed by atoms with Gasteiger partial charge in [0, 0.05) is 24.8 Å². The van der Waals surface area contributed by atoms with Crippen molar-refractivity contribution in [1.82, 2.24) is 14.9 Å². The van der Waals surface area contributed by atoms with Gasteiger partial charge in [-0.3, -0.25) is 0 Å². The first-order valence-electron chi connectivity index (χ1n) is 5.99. The van der Waals surface area contributed by atoms with Gasteiger partial charge in [-0.25, -0.2) is 4.98 Å². The van der Waals surface area contributed by atoms with E-state index in [1.165, 1.54) is 0 Å². The lowest BCUT2D eigenvalue weighted by atomic mass is 10.4. The Kier molecular flexibility index (Phi) is 5.69. The zero-order valence-electron chi connectivity index (χ0n) is 11.2. The van der Waals surface area contributed by atoms with Gasteiger partial charge in [0.1, 0.15) is 6.61 Å². The summed E-state index contributed by atoms with van der Waals surface area (Å²) in [4.78, 5) is 10.7. The van der Waals surface area contributed by atoms with Gasteiger partial charge in [-0.1, -0.05) is 6.92 Å². The molecule has 17 heavy (non-hydrogen) atoms. The SMILES string of the molecule is CCCNc1nc(C)cc(OCCN(C)C)n1. The molecule has 0 bridgehead atoms. The molecule has 0 aliphatic heterocycles. The largest absolute Gasteiger partial charge is 0.476 e. The molecule has 0 radical (unpaired) electrons. The molecular formula is C12H22N4O. The Labute approximate surface area is 103 Å². The zero-order valence-corrected chi connectivity index (χ0v) is 11.2. The van der Waals surface area contributed by atoms with Crippen LogP contribution in [0.2, 0.25) is 0 Å². The predicted octanol–water partition coefficient (Wildman–Crippen LogP) is 1.55. The standard InChI is InChI=1S/C12H22N4O/c1-5-6-13-12-14-10(2)9-11(15-12)17-8-7-16(3)4/h9H,5-8H2,1-4H3,(H,13,14,15). The molecule has 5 heteroatoms. The van der Waals surface area contributed by atoms with Crippen molar-refractivity contribution in [2.24, 2.45) is 0 Å². The molecule has 0 aliphatic rings. The Morgan fingerprint density at radius 3 is 2.76 bits per heavy atom. The van der Waals surface area contributed by atoms with Crippen molar-refractivity contribution in [1.29, 1.82) is 0 Å². The molecule has 0 saturated carbocycles. The number of ether oxygens (including phenoxy) is 1. The minimum atomic E-state index is 0.636. The third-order valence-corrected chi connectivity index (χ3v) is 2.15. The second-order valence-electron chi connectivity index (χ2n) is 4.25. The van der Waals surface area contributed by atoms with Gasteiger partial charge in [-0.15, -0.1) is 0 Å². The monoisotopic (exact) mass is 238 g/mol. The summed E-state index contributed by atoms with van der Waals surface area (Å²) in [5, 5.41) is 3.16. The topological polar surface area (TPSA) is 50.3 Å². The summed E-state index contributed by atoms with van der Waals surface area (Å²) >= 11 is 0. The Morgan fingerprint density at radius 1 is 1.35 bits per heavy atom. The summed E-state index contributed by atoms with van der Waals surface area (Å²) in [6.07, 6.45) is 1.05. The molecule has 1 N–H and O–H groups in total. The quantitative estimate of drug-likeness (QED) is 0.781. The van der Waals surface area contributed by atoms with Crippen LogP contribution in [0.4, 0.5) is 5.95 Å².